The molecule has 4 rings (SSSR count). The van der Waals surface area contributed by atoms with Gasteiger partial charge in [-0.15, -0.1) is 0 Å². The Balaban J connectivity index is 1.38. The van der Waals surface area contributed by atoms with Gasteiger partial charge in [-0.25, -0.2) is 4.98 Å². The number of pyridine rings is 1. The van der Waals surface area contributed by atoms with E-state index in [9.17, 15) is 4.79 Å². The topological polar surface area (TPSA) is 45.7 Å². The number of anilines is 1. The number of rotatable bonds is 7. The molecule has 1 fully saturated rings. The van der Waals surface area contributed by atoms with Crippen LogP contribution in [0.5, 0.6) is 0 Å². The van der Waals surface area contributed by atoms with Gasteiger partial charge in [0.15, 0.2) is 0 Å². The second kappa shape index (κ2) is 9.46. The summed E-state index contributed by atoms with van der Waals surface area (Å²) in [6.07, 6.45) is 3.17. The molecule has 178 valence electrons. The molecule has 2 aromatic rings. The lowest BCUT2D eigenvalue weighted by Gasteiger charge is -2.35. The zero-order chi connectivity index (χ0) is 23.6. The number of aromatic nitrogens is 1. The quantitative estimate of drug-likeness (QED) is 0.431. The monoisotopic (exact) mass is 449 g/mol. The summed E-state index contributed by atoms with van der Waals surface area (Å²) in [6, 6.07) is 13.4. The van der Waals surface area contributed by atoms with Crippen molar-refractivity contribution in [2.45, 2.75) is 64.7 Å². The summed E-state index contributed by atoms with van der Waals surface area (Å²) >= 11 is 0. The van der Waals surface area contributed by atoms with Gasteiger partial charge in [-0.3, -0.25) is 9.69 Å². The second-order valence-electron chi connectivity index (χ2n) is 11.0. The van der Waals surface area contributed by atoms with Crippen molar-refractivity contribution in [2.24, 2.45) is 0 Å². The minimum atomic E-state index is -0.189. The molecule has 0 amide bonds. The first kappa shape index (κ1) is 23.7. The van der Waals surface area contributed by atoms with E-state index < -0.39 is 0 Å². The maximum absolute atomic E-state index is 10.9. The van der Waals surface area contributed by atoms with Gasteiger partial charge in [0.05, 0.1) is 12.3 Å². The highest BCUT2D eigenvalue weighted by atomic mass is 16.5. The molecule has 1 saturated heterocycles. The van der Waals surface area contributed by atoms with Crippen LogP contribution in [0.4, 0.5) is 5.82 Å². The highest BCUT2D eigenvalue weighted by molar-refractivity contribution is 5.66. The minimum absolute atomic E-state index is 0.189. The molecule has 2 heterocycles. The van der Waals surface area contributed by atoms with Crippen LogP contribution >= 0.6 is 0 Å². The number of nitrogens with zero attached hydrogens (tertiary/aromatic N) is 3. The van der Waals surface area contributed by atoms with Gasteiger partial charge >= 0.3 is 5.97 Å². The van der Waals surface area contributed by atoms with Crippen LogP contribution in [0.2, 0.25) is 0 Å². The van der Waals surface area contributed by atoms with Crippen molar-refractivity contribution >= 4 is 11.8 Å². The normalized spacial score (nSPS) is 19.4. The molecule has 0 N–H and O–H groups in total. The molecule has 33 heavy (non-hydrogen) atoms. The van der Waals surface area contributed by atoms with Crippen LogP contribution < -0.4 is 4.90 Å². The molecule has 1 aliphatic heterocycles. The van der Waals surface area contributed by atoms with E-state index in [4.69, 9.17) is 9.72 Å². The van der Waals surface area contributed by atoms with E-state index in [1.807, 2.05) is 0 Å². The average molecular weight is 450 g/mol. The number of carbonyl (C=O) groups excluding carboxylic acids is 1. The molecule has 1 aromatic heterocycles. The predicted molar refractivity (Wildman–Crippen MR) is 135 cm³/mol. The third-order valence-corrected chi connectivity index (χ3v) is 7.26. The number of fused-ring (bicyclic) bond motifs is 1. The fourth-order valence-corrected chi connectivity index (χ4v) is 5.76. The van der Waals surface area contributed by atoms with Crippen LogP contribution in [0.3, 0.4) is 0 Å². The maximum atomic E-state index is 10.9. The lowest BCUT2D eigenvalue weighted by molar-refractivity contribution is -0.141. The Morgan fingerprint density at radius 2 is 1.70 bits per heavy atom. The van der Waals surface area contributed by atoms with Crippen molar-refractivity contribution in [1.29, 1.82) is 0 Å². The molecular formula is C28H39N3O2. The lowest BCUT2D eigenvalue weighted by atomic mass is 9.82. The summed E-state index contributed by atoms with van der Waals surface area (Å²) in [7, 11) is 0. The van der Waals surface area contributed by atoms with E-state index in [1.54, 1.807) is 0 Å². The molecule has 0 unspecified atom stereocenters. The fourth-order valence-electron chi connectivity index (χ4n) is 5.76. The van der Waals surface area contributed by atoms with Gasteiger partial charge in [0.25, 0.3) is 0 Å². The molecular weight excluding hydrogens is 410 g/mol. The van der Waals surface area contributed by atoms with E-state index in [-0.39, 0.29) is 16.8 Å². The molecule has 1 aliphatic carbocycles. The van der Waals surface area contributed by atoms with Crippen LogP contribution in [0.15, 0.2) is 36.4 Å². The Bertz CT molecular complexity index is 990. The number of hydrogen-bond donors (Lipinski definition) is 0. The Hall–Kier alpha value is -2.40. The van der Waals surface area contributed by atoms with Gasteiger partial charge in [-0.2, -0.15) is 0 Å². The van der Waals surface area contributed by atoms with Crippen LogP contribution in [0.1, 0.15) is 65.0 Å². The van der Waals surface area contributed by atoms with Crippen molar-refractivity contribution in [2.75, 3.05) is 44.2 Å². The van der Waals surface area contributed by atoms with Gasteiger partial charge in [0, 0.05) is 38.7 Å². The van der Waals surface area contributed by atoms with Crippen LogP contribution in [0.25, 0.3) is 11.3 Å². The van der Waals surface area contributed by atoms with Gasteiger partial charge < -0.3 is 9.64 Å². The van der Waals surface area contributed by atoms with Gasteiger partial charge in [-0.05, 0) is 66.0 Å². The number of hydrogen-bond acceptors (Lipinski definition) is 5. The molecule has 2 aliphatic rings. The molecule has 0 radical (unpaired) electrons. The standard InChI is InChI=1S/C28H39N3O2/c1-21(32)33-18-7-6-13-30-14-16-31(17-15-30)26-10-8-9-25(29-26)22-11-12-23-24(19-22)28(4,5)20-27(23,2)3/h8-12,19H,6-7,13-18,20H2,1-5H3. The summed E-state index contributed by atoms with van der Waals surface area (Å²) in [5.41, 5.74) is 5.65. The summed E-state index contributed by atoms with van der Waals surface area (Å²) in [5.74, 6) is 0.882. The maximum Gasteiger partial charge on any atom is 0.302 e. The average Bonchev–Trinajstić information content (AvgIpc) is 2.97. The number of esters is 1. The van der Waals surface area contributed by atoms with Gasteiger partial charge in [0.1, 0.15) is 5.82 Å². The highest BCUT2D eigenvalue weighted by Crippen LogP contribution is 2.50. The Kier molecular flexibility index (Phi) is 6.81. The fraction of sp³-hybridized carbons (Fsp3) is 0.571. The molecule has 5 nitrogen and oxygen atoms in total. The van der Waals surface area contributed by atoms with E-state index >= 15 is 0 Å². The van der Waals surface area contributed by atoms with Crippen molar-refractivity contribution in [3.8, 4) is 11.3 Å². The molecule has 0 bridgehead atoms. The van der Waals surface area contributed by atoms with Crippen LogP contribution in [-0.2, 0) is 20.4 Å². The SMILES string of the molecule is CC(=O)OCCCCN1CCN(c2cccc(-c3ccc4c(c3)C(C)(C)CC4(C)C)n2)CC1. The van der Waals surface area contributed by atoms with Gasteiger partial charge in [0.2, 0.25) is 0 Å². The van der Waals surface area contributed by atoms with Crippen molar-refractivity contribution in [1.82, 2.24) is 9.88 Å². The largest absolute Gasteiger partial charge is 0.466 e. The van der Waals surface area contributed by atoms with Crippen molar-refractivity contribution < 1.29 is 9.53 Å². The highest BCUT2D eigenvalue weighted by Gasteiger charge is 2.41. The minimum Gasteiger partial charge on any atom is -0.466 e. The molecule has 0 saturated carbocycles. The second-order valence-corrected chi connectivity index (χ2v) is 11.0. The molecule has 0 spiro atoms. The molecule has 5 heteroatoms. The Labute approximate surface area is 199 Å². The van der Waals surface area contributed by atoms with Crippen molar-refractivity contribution in [3.63, 3.8) is 0 Å². The molecule has 0 atom stereocenters. The number of carbonyl (C=O) groups is 1. The third kappa shape index (κ3) is 5.40. The lowest BCUT2D eigenvalue weighted by Crippen LogP contribution is -2.47. The number of piperazine rings is 1. The Morgan fingerprint density at radius 1 is 0.970 bits per heavy atom. The zero-order valence-corrected chi connectivity index (χ0v) is 21.0. The number of unbranched alkanes of at least 4 members (excludes halogenated alkanes) is 1. The predicted octanol–water partition coefficient (Wildman–Crippen LogP) is 5.17. The van der Waals surface area contributed by atoms with E-state index in [0.29, 0.717) is 6.61 Å². The van der Waals surface area contributed by atoms with Gasteiger partial charge in [-0.1, -0.05) is 45.9 Å². The summed E-state index contributed by atoms with van der Waals surface area (Å²) < 4.78 is 5.03. The Morgan fingerprint density at radius 3 is 2.42 bits per heavy atom. The van der Waals surface area contributed by atoms with E-state index in [0.717, 1.165) is 57.1 Å². The smallest absolute Gasteiger partial charge is 0.302 e. The number of benzene rings is 1. The van der Waals surface area contributed by atoms with E-state index in [1.165, 1.54) is 30.0 Å². The first-order chi connectivity index (χ1) is 15.7. The first-order valence-electron chi connectivity index (χ1n) is 12.4. The van der Waals surface area contributed by atoms with Crippen molar-refractivity contribution in [3.05, 3.63) is 47.5 Å². The van der Waals surface area contributed by atoms with Crippen LogP contribution in [0, 0.1) is 0 Å². The van der Waals surface area contributed by atoms with Crippen LogP contribution in [-0.4, -0.2) is 55.2 Å². The van der Waals surface area contributed by atoms with E-state index in [2.05, 4.69) is 73.9 Å². The summed E-state index contributed by atoms with van der Waals surface area (Å²) in [6.45, 7) is 16.6. The third-order valence-electron chi connectivity index (χ3n) is 7.26. The number of ether oxygens (including phenoxy) is 1. The molecule has 1 aromatic carbocycles. The zero-order valence-electron chi connectivity index (χ0n) is 21.0. The first-order valence-corrected chi connectivity index (χ1v) is 12.4. The summed E-state index contributed by atoms with van der Waals surface area (Å²) in [4.78, 5) is 20.8. The summed E-state index contributed by atoms with van der Waals surface area (Å²) in [5, 5.41) is 0.